The number of benzene rings is 1. The fourth-order valence-electron chi connectivity index (χ4n) is 3.22. The Kier molecular flexibility index (Phi) is 6.69. The SMILES string of the molecule is COC(C)(C)c1cncc(-c2ccc(NC(=O)C(C)(C)c3csc(NS(=O)(=O)C4CC4)n3)cc2)n1. The van der Waals surface area contributed by atoms with Gasteiger partial charge in [-0.15, -0.1) is 11.3 Å². The van der Waals surface area contributed by atoms with Gasteiger partial charge in [0.2, 0.25) is 15.9 Å². The zero-order valence-corrected chi connectivity index (χ0v) is 22.0. The number of carbonyl (C=O) groups excluding carboxylic acids is 1. The van der Waals surface area contributed by atoms with Gasteiger partial charge in [-0.3, -0.25) is 14.5 Å². The van der Waals surface area contributed by atoms with Crippen molar-refractivity contribution in [2.45, 2.75) is 56.8 Å². The molecule has 0 unspecified atom stereocenters. The molecule has 9 nitrogen and oxygen atoms in total. The van der Waals surface area contributed by atoms with Gasteiger partial charge in [0.25, 0.3) is 0 Å². The summed E-state index contributed by atoms with van der Waals surface area (Å²) in [6, 6.07) is 7.33. The van der Waals surface area contributed by atoms with Crippen molar-refractivity contribution >= 4 is 38.1 Å². The molecule has 2 aromatic heterocycles. The van der Waals surface area contributed by atoms with Crippen LogP contribution in [0, 0.1) is 0 Å². The molecule has 2 heterocycles. The lowest BCUT2D eigenvalue weighted by molar-refractivity contribution is -0.120. The molecule has 3 aromatic rings. The standard InChI is InChI=1S/C24H29N5O4S2/c1-23(2,20-14-34-22(28-20)29-35(31,32)17-10-11-17)21(30)26-16-8-6-15(7-9-16)18-12-25-13-19(27-18)24(3,4)33-5/h6-9,12-14,17H,10-11H2,1-5H3,(H,26,30)(H,28,29). The van der Waals surface area contributed by atoms with Crippen LogP contribution in [0.2, 0.25) is 0 Å². The van der Waals surface area contributed by atoms with E-state index in [4.69, 9.17) is 4.74 Å². The second kappa shape index (κ2) is 9.29. The van der Waals surface area contributed by atoms with Crippen LogP contribution in [-0.2, 0) is 30.6 Å². The molecule has 11 heteroatoms. The second-order valence-corrected chi connectivity index (χ2v) is 12.4. The molecule has 1 amide bonds. The molecule has 1 aliphatic carbocycles. The van der Waals surface area contributed by atoms with Gasteiger partial charge in [-0.2, -0.15) is 0 Å². The van der Waals surface area contributed by atoms with Crippen LogP contribution < -0.4 is 10.0 Å². The van der Waals surface area contributed by atoms with E-state index in [9.17, 15) is 13.2 Å². The van der Waals surface area contributed by atoms with Gasteiger partial charge in [0.1, 0.15) is 5.60 Å². The monoisotopic (exact) mass is 515 g/mol. The van der Waals surface area contributed by atoms with Crippen molar-refractivity contribution in [2.24, 2.45) is 0 Å². The number of sulfonamides is 1. The average Bonchev–Trinajstić information content (AvgIpc) is 3.60. The molecule has 1 aromatic carbocycles. The molecule has 0 saturated heterocycles. The first-order valence-corrected chi connectivity index (χ1v) is 13.6. The minimum Gasteiger partial charge on any atom is -0.372 e. The van der Waals surface area contributed by atoms with Crippen molar-refractivity contribution in [3.63, 3.8) is 0 Å². The van der Waals surface area contributed by atoms with Crippen LogP contribution in [0.3, 0.4) is 0 Å². The molecule has 0 aliphatic heterocycles. The van der Waals surface area contributed by atoms with E-state index in [2.05, 4.69) is 25.0 Å². The summed E-state index contributed by atoms with van der Waals surface area (Å²) in [6.07, 6.45) is 4.71. The largest absolute Gasteiger partial charge is 0.372 e. The van der Waals surface area contributed by atoms with Crippen molar-refractivity contribution < 1.29 is 17.9 Å². The molecule has 4 rings (SSSR count). The highest BCUT2D eigenvalue weighted by atomic mass is 32.2. The molecular formula is C24H29N5O4S2. The van der Waals surface area contributed by atoms with Gasteiger partial charge < -0.3 is 10.1 Å². The number of carbonyl (C=O) groups is 1. The number of thiazole rings is 1. The first-order chi connectivity index (χ1) is 16.4. The van der Waals surface area contributed by atoms with Gasteiger partial charge in [-0.05, 0) is 52.7 Å². The normalized spacial score (nSPS) is 14.5. The highest BCUT2D eigenvalue weighted by Gasteiger charge is 2.37. The van der Waals surface area contributed by atoms with E-state index in [-0.39, 0.29) is 16.3 Å². The summed E-state index contributed by atoms with van der Waals surface area (Å²) in [6.45, 7) is 7.36. The zero-order chi connectivity index (χ0) is 25.4. The maximum Gasteiger partial charge on any atom is 0.237 e. The Morgan fingerprint density at radius 3 is 2.37 bits per heavy atom. The maximum atomic E-state index is 13.1. The van der Waals surface area contributed by atoms with Crippen LogP contribution in [0.25, 0.3) is 11.3 Å². The van der Waals surface area contributed by atoms with Crippen LogP contribution >= 0.6 is 11.3 Å². The predicted molar refractivity (Wildman–Crippen MR) is 137 cm³/mol. The molecule has 0 radical (unpaired) electrons. The Labute approximate surface area is 209 Å². The number of ether oxygens (including phenoxy) is 1. The third-order valence-corrected chi connectivity index (χ3v) is 8.82. The molecular weight excluding hydrogens is 486 g/mol. The van der Waals surface area contributed by atoms with E-state index in [1.165, 1.54) is 11.3 Å². The quantitative estimate of drug-likeness (QED) is 0.435. The Balaban J connectivity index is 1.45. The molecule has 0 bridgehead atoms. The van der Waals surface area contributed by atoms with Crippen molar-refractivity contribution in [1.29, 1.82) is 0 Å². The molecule has 186 valence electrons. The number of rotatable bonds is 9. The van der Waals surface area contributed by atoms with E-state index in [1.54, 1.807) is 50.9 Å². The minimum absolute atomic E-state index is 0.254. The highest BCUT2D eigenvalue weighted by molar-refractivity contribution is 7.93. The summed E-state index contributed by atoms with van der Waals surface area (Å²) < 4.78 is 32.4. The summed E-state index contributed by atoms with van der Waals surface area (Å²) in [4.78, 5) is 26.4. The number of nitrogens with one attached hydrogen (secondary N) is 2. The summed E-state index contributed by atoms with van der Waals surface area (Å²) in [5, 5.41) is 4.57. The summed E-state index contributed by atoms with van der Waals surface area (Å²) in [5.74, 6) is -0.254. The van der Waals surface area contributed by atoms with Crippen molar-refractivity contribution in [3.8, 4) is 11.3 Å². The lowest BCUT2D eigenvalue weighted by Gasteiger charge is -2.22. The summed E-state index contributed by atoms with van der Waals surface area (Å²) in [5.41, 5.74) is 1.87. The van der Waals surface area contributed by atoms with E-state index in [0.29, 0.717) is 29.9 Å². The first kappa shape index (κ1) is 25.2. The second-order valence-electron chi connectivity index (χ2n) is 9.54. The van der Waals surface area contributed by atoms with Gasteiger partial charge in [0.05, 0.1) is 40.1 Å². The molecule has 2 N–H and O–H groups in total. The maximum absolute atomic E-state index is 13.1. The Hall–Kier alpha value is -2.89. The number of methoxy groups -OCH3 is 1. The van der Waals surface area contributed by atoms with Gasteiger partial charge in [-0.25, -0.2) is 18.4 Å². The minimum atomic E-state index is -3.40. The molecule has 1 saturated carbocycles. The number of amides is 1. The van der Waals surface area contributed by atoms with Crippen molar-refractivity contribution in [1.82, 2.24) is 15.0 Å². The lowest BCUT2D eigenvalue weighted by atomic mass is 9.89. The molecule has 35 heavy (non-hydrogen) atoms. The number of hydrogen-bond acceptors (Lipinski definition) is 8. The average molecular weight is 516 g/mol. The van der Waals surface area contributed by atoms with E-state index in [0.717, 1.165) is 11.3 Å². The highest BCUT2D eigenvalue weighted by Crippen LogP contribution is 2.33. The van der Waals surface area contributed by atoms with Crippen LogP contribution in [0.1, 0.15) is 51.9 Å². The molecule has 0 atom stereocenters. The first-order valence-electron chi connectivity index (χ1n) is 11.2. The number of aromatic nitrogens is 3. The zero-order valence-electron chi connectivity index (χ0n) is 20.3. The Morgan fingerprint density at radius 2 is 1.74 bits per heavy atom. The Morgan fingerprint density at radius 1 is 1.06 bits per heavy atom. The van der Waals surface area contributed by atoms with Gasteiger partial charge in [0, 0.05) is 23.7 Å². The van der Waals surface area contributed by atoms with Crippen molar-refractivity contribution in [2.75, 3.05) is 17.1 Å². The lowest BCUT2D eigenvalue weighted by Crippen LogP contribution is -2.35. The molecule has 1 fully saturated rings. The fraction of sp³-hybridized carbons (Fsp3) is 0.417. The number of hydrogen-bond donors (Lipinski definition) is 2. The van der Waals surface area contributed by atoms with Crippen LogP contribution in [-0.4, -0.2) is 41.6 Å². The van der Waals surface area contributed by atoms with E-state index in [1.807, 2.05) is 26.0 Å². The van der Waals surface area contributed by atoms with E-state index < -0.39 is 21.0 Å². The number of anilines is 2. The smallest absolute Gasteiger partial charge is 0.237 e. The number of nitrogens with zero attached hydrogens (tertiary/aromatic N) is 3. The van der Waals surface area contributed by atoms with Crippen molar-refractivity contribution in [3.05, 3.63) is 53.4 Å². The Bertz CT molecular complexity index is 1330. The third-order valence-electron chi connectivity index (χ3n) is 6.11. The topological polar surface area (TPSA) is 123 Å². The van der Waals surface area contributed by atoms with Crippen LogP contribution in [0.5, 0.6) is 0 Å². The summed E-state index contributed by atoms with van der Waals surface area (Å²) in [7, 11) is -1.77. The third kappa shape index (κ3) is 5.52. The predicted octanol–water partition coefficient (Wildman–Crippen LogP) is 4.30. The van der Waals surface area contributed by atoms with Gasteiger partial charge in [0.15, 0.2) is 5.13 Å². The van der Waals surface area contributed by atoms with Gasteiger partial charge >= 0.3 is 0 Å². The fourth-order valence-corrected chi connectivity index (χ4v) is 5.69. The molecule has 1 aliphatic rings. The van der Waals surface area contributed by atoms with E-state index >= 15 is 0 Å². The van der Waals surface area contributed by atoms with Crippen LogP contribution in [0.15, 0.2) is 42.0 Å². The summed E-state index contributed by atoms with van der Waals surface area (Å²) >= 11 is 1.17. The van der Waals surface area contributed by atoms with Crippen LogP contribution in [0.4, 0.5) is 10.8 Å². The van der Waals surface area contributed by atoms with Gasteiger partial charge in [-0.1, -0.05) is 12.1 Å². The molecule has 0 spiro atoms.